The van der Waals surface area contributed by atoms with Crippen molar-refractivity contribution in [3.8, 4) is 0 Å². The molecule has 0 aliphatic carbocycles. The molecule has 0 radical (unpaired) electrons. The molecule has 0 spiro atoms. The SMILES string of the molecule is CCCCCCCCCC/C=C/CC/C=C/CCCC(O)C(O)C(COC1OC(CO)C(O)C(O)C1O)NC(=O)C(O)CCCCCCCCCCCCCCCCCCC. The maximum absolute atomic E-state index is 13.1. The molecule has 0 aromatic heterocycles. The summed E-state index contributed by atoms with van der Waals surface area (Å²) in [7, 11) is 0. The Balaban J connectivity index is 2.44. The largest absolute Gasteiger partial charge is 0.394 e. The molecule has 1 saturated heterocycles. The van der Waals surface area contributed by atoms with Crippen LogP contribution >= 0.6 is 0 Å². The van der Waals surface area contributed by atoms with E-state index in [4.69, 9.17) is 9.47 Å². The molecule has 0 aromatic rings. The van der Waals surface area contributed by atoms with Crippen molar-refractivity contribution in [1.29, 1.82) is 0 Å². The average molecular weight is 870 g/mol. The number of carbonyl (C=O) groups excluding carboxylic acids is 1. The Bertz CT molecular complexity index is 1040. The first-order valence-electron chi connectivity index (χ1n) is 25.2. The molecule has 11 nitrogen and oxygen atoms in total. The van der Waals surface area contributed by atoms with Gasteiger partial charge in [-0.2, -0.15) is 0 Å². The van der Waals surface area contributed by atoms with Crippen molar-refractivity contribution in [2.45, 2.75) is 274 Å². The van der Waals surface area contributed by atoms with Crippen LogP contribution in [0.5, 0.6) is 0 Å². The topological polar surface area (TPSA) is 189 Å². The maximum Gasteiger partial charge on any atom is 0.249 e. The average Bonchev–Trinajstić information content (AvgIpc) is 3.26. The number of ether oxygens (including phenoxy) is 2. The number of rotatable bonds is 42. The minimum atomic E-state index is -1.67. The van der Waals surface area contributed by atoms with Gasteiger partial charge in [0.25, 0.3) is 0 Å². The standard InChI is InChI=1S/C50H95NO10/c1-3-5-7-9-11-13-15-17-19-21-23-25-27-29-31-33-35-37-42(53)45(55)41(40-60-50-48(58)47(57)46(56)44(39-52)61-50)51-49(59)43(54)38-36-34-32-30-28-26-24-22-20-18-16-14-12-10-8-6-4-2/h21,23,29,31,41-48,50,52-58H,3-20,22,24-28,30,32-40H2,1-2H3,(H,51,59)/b23-21+,31-29+. The fourth-order valence-electron chi connectivity index (χ4n) is 8.05. The first-order chi connectivity index (χ1) is 29.7. The second kappa shape index (κ2) is 40.1. The summed E-state index contributed by atoms with van der Waals surface area (Å²) >= 11 is 0. The van der Waals surface area contributed by atoms with Crippen molar-refractivity contribution in [3.05, 3.63) is 24.3 Å². The van der Waals surface area contributed by atoms with Gasteiger partial charge in [0.2, 0.25) is 5.91 Å². The van der Waals surface area contributed by atoms with Crippen LogP contribution in [0.4, 0.5) is 0 Å². The Morgan fingerprint density at radius 2 is 0.984 bits per heavy atom. The van der Waals surface area contributed by atoms with E-state index in [-0.39, 0.29) is 12.8 Å². The minimum Gasteiger partial charge on any atom is -0.394 e. The van der Waals surface area contributed by atoms with Crippen LogP contribution < -0.4 is 5.32 Å². The van der Waals surface area contributed by atoms with Gasteiger partial charge in [-0.15, -0.1) is 0 Å². The van der Waals surface area contributed by atoms with Crippen molar-refractivity contribution in [2.75, 3.05) is 13.2 Å². The lowest BCUT2D eigenvalue weighted by atomic mass is 9.98. The van der Waals surface area contributed by atoms with Crippen LogP contribution in [0.25, 0.3) is 0 Å². The highest BCUT2D eigenvalue weighted by molar-refractivity contribution is 5.80. The van der Waals surface area contributed by atoms with Crippen LogP contribution in [0.1, 0.15) is 219 Å². The lowest BCUT2D eigenvalue weighted by Crippen LogP contribution is -2.60. The molecule has 9 unspecified atom stereocenters. The van der Waals surface area contributed by atoms with E-state index in [0.29, 0.717) is 19.3 Å². The van der Waals surface area contributed by atoms with Gasteiger partial charge in [0.05, 0.1) is 25.4 Å². The van der Waals surface area contributed by atoms with Gasteiger partial charge < -0.3 is 50.5 Å². The second-order valence-electron chi connectivity index (χ2n) is 17.9. The Labute approximate surface area is 372 Å². The maximum atomic E-state index is 13.1. The summed E-state index contributed by atoms with van der Waals surface area (Å²) < 4.78 is 11.1. The lowest BCUT2D eigenvalue weighted by molar-refractivity contribution is -0.303. The summed E-state index contributed by atoms with van der Waals surface area (Å²) in [5.74, 6) is -0.708. The van der Waals surface area contributed by atoms with Crippen molar-refractivity contribution in [1.82, 2.24) is 5.32 Å². The minimum absolute atomic E-state index is 0.248. The summed E-state index contributed by atoms with van der Waals surface area (Å²) in [6.07, 6.45) is 33.7. The Kier molecular flexibility index (Phi) is 37.9. The Morgan fingerprint density at radius 3 is 1.46 bits per heavy atom. The highest BCUT2D eigenvalue weighted by Gasteiger charge is 2.44. The molecule has 0 bridgehead atoms. The molecule has 1 rings (SSSR count). The van der Waals surface area contributed by atoms with Gasteiger partial charge in [0, 0.05) is 0 Å². The molecule has 1 fully saturated rings. The molecule has 1 amide bonds. The fourth-order valence-corrected chi connectivity index (χ4v) is 8.05. The number of unbranched alkanes of at least 4 members (excludes halogenated alkanes) is 26. The van der Waals surface area contributed by atoms with E-state index in [1.807, 2.05) is 0 Å². The second-order valence-corrected chi connectivity index (χ2v) is 17.9. The zero-order chi connectivity index (χ0) is 44.8. The summed E-state index contributed by atoms with van der Waals surface area (Å²) in [5, 5.41) is 75.8. The monoisotopic (exact) mass is 870 g/mol. The third-order valence-electron chi connectivity index (χ3n) is 12.2. The molecule has 61 heavy (non-hydrogen) atoms. The molecule has 1 aliphatic heterocycles. The number of carbonyl (C=O) groups is 1. The molecule has 8 N–H and O–H groups in total. The van der Waals surface area contributed by atoms with E-state index in [1.165, 1.54) is 135 Å². The van der Waals surface area contributed by atoms with E-state index in [0.717, 1.165) is 38.5 Å². The van der Waals surface area contributed by atoms with Crippen LogP contribution in [0.3, 0.4) is 0 Å². The van der Waals surface area contributed by atoms with E-state index in [1.54, 1.807) is 0 Å². The third kappa shape index (κ3) is 29.6. The molecule has 0 saturated carbocycles. The van der Waals surface area contributed by atoms with Gasteiger partial charge >= 0.3 is 0 Å². The summed E-state index contributed by atoms with van der Waals surface area (Å²) in [5.41, 5.74) is 0. The molecule has 1 aliphatic rings. The first-order valence-corrected chi connectivity index (χ1v) is 25.2. The van der Waals surface area contributed by atoms with E-state index in [9.17, 15) is 40.5 Å². The number of nitrogens with one attached hydrogen (secondary N) is 1. The van der Waals surface area contributed by atoms with Gasteiger partial charge in [-0.1, -0.05) is 192 Å². The van der Waals surface area contributed by atoms with Crippen molar-refractivity contribution in [3.63, 3.8) is 0 Å². The van der Waals surface area contributed by atoms with Gasteiger partial charge in [-0.05, 0) is 51.4 Å². The smallest absolute Gasteiger partial charge is 0.249 e. The van der Waals surface area contributed by atoms with E-state index in [2.05, 4.69) is 43.5 Å². The number of hydrogen-bond acceptors (Lipinski definition) is 10. The molecule has 1 heterocycles. The van der Waals surface area contributed by atoms with Gasteiger partial charge in [0.15, 0.2) is 6.29 Å². The number of aliphatic hydroxyl groups excluding tert-OH is 7. The van der Waals surface area contributed by atoms with Crippen LogP contribution in [0.15, 0.2) is 24.3 Å². The summed E-state index contributed by atoms with van der Waals surface area (Å²) in [4.78, 5) is 13.1. The van der Waals surface area contributed by atoms with Gasteiger partial charge in [-0.3, -0.25) is 4.79 Å². The molecule has 9 atom stereocenters. The number of hydrogen-bond donors (Lipinski definition) is 8. The van der Waals surface area contributed by atoms with Gasteiger partial charge in [-0.25, -0.2) is 0 Å². The van der Waals surface area contributed by atoms with Crippen LogP contribution in [-0.4, -0.2) is 110 Å². The molecule has 360 valence electrons. The van der Waals surface area contributed by atoms with Gasteiger partial charge in [0.1, 0.15) is 36.6 Å². The highest BCUT2D eigenvalue weighted by Crippen LogP contribution is 2.23. The number of allylic oxidation sites excluding steroid dienone is 4. The molecule has 0 aromatic carbocycles. The molecular formula is C50H95NO10. The van der Waals surface area contributed by atoms with E-state index >= 15 is 0 Å². The van der Waals surface area contributed by atoms with Crippen LogP contribution in [0, 0.1) is 0 Å². The zero-order valence-corrected chi connectivity index (χ0v) is 38.9. The fraction of sp³-hybridized carbons (Fsp3) is 0.900. The Morgan fingerprint density at radius 1 is 0.557 bits per heavy atom. The predicted octanol–water partition coefficient (Wildman–Crippen LogP) is 9.01. The molecular weight excluding hydrogens is 775 g/mol. The third-order valence-corrected chi connectivity index (χ3v) is 12.2. The van der Waals surface area contributed by atoms with Crippen LogP contribution in [0.2, 0.25) is 0 Å². The van der Waals surface area contributed by atoms with E-state index < -0.39 is 74.2 Å². The highest BCUT2D eigenvalue weighted by atomic mass is 16.7. The summed E-state index contributed by atoms with van der Waals surface area (Å²) in [6, 6.07) is -1.19. The molecule has 11 heteroatoms. The Hall–Kier alpha value is -1.41. The number of aliphatic hydroxyl groups is 7. The van der Waals surface area contributed by atoms with Crippen LogP contribution in [-0.2, 0) is 14.3 Å². The first kappa shape index (κ1) is 57.6. The van der Waals surface area contributed by atoms with Crippen molar-refractivity contribution < 1.29 is 50.0 Å². The lowest BCUT2D eigenvalue weighted by Gasteiger charge is -2.40. The van der Waals surface area contributed by atoms with Crippen molar-refractivity contribution >= 4 is 5.91 Å². The number of amides is 1. The zero-order valence-electron chi connectivity index (χ0n) is 38.9. The summed E-state index contributed by atoms with van der Waals surface area (Å²) in [6.45, 7) is 3.43. The predicted molar refractivity (Wildman–Crippen MR) is 247 cm³/mol. The quantitative estimate of drug-likeness (QED) is 0.0217. The van der Waals surface area contributed by atoms with Crippen molar-refractivity contribution in [2.24, 2.45) is 0 Å². The normalized spacial score (nSPS) is 21.6.